The van der Waals surface area contributed by atoms with Crippen LogP contribution in [0, 0.1) is 0 Å². The van der Waals surface area contributed by atoms with Crippen LogP contribution in [0.3, 0.4) is 0 Å². The molecule has 2 aromatic heterocycles. The lowest BCUT2D eigenvalue weighted by Gasteiger charge is -2.06. The Morgan fingerprint density at radius 2 is 1.83 bits per heavy atom. The van der Waals surface area contributed by atoms with Crippen LogP contribution in [0.4, 0.5) is 5.82 Å². The summed E-state index contributed by atoms with van der Waals surface area (Å²) in [5, 5.41) is 11.4. The summed E-state index contributed by atoms with van der Waals surface area (Å²) in [6.07, 6.45) is 2.88. The Morgan fingerprint density at radius 1 is 1.06 bits per heavy atom. The van der Waals surface area contributed by atoms with E-state index in [-0.39, 0.29) is 17.1 Å². The zero-order valence-electron chi connectivity index (χ0n) is 9.20. The minimum absolute atomic E-state index is 0.000605. The van der Waals surface area contributed by atoms with Crippen LogP contribution < -0.4 is 5.32 Å². The van der Waals surface area contributed by atoms with Crippen LogP contribution in [0.5, 0.6) is 0 Å². The van der Waals surface area contributed by atoms with Gasteiger partial charge in [0.15, 0.2) is 0 Å². The van der Waals surface area contributed by atoms with Crippen molar-refractivity contribution in [2.24, 2.45) is 0 Å². The van der Waals surface area contributed by atoms with Crippen molar-refractivity contribution in [2.45, 2.75) is 0 Å². The molecule has 2 rings (SSSR count). The standard InChI is InChI=1S/C12H9N3O3/c16-11(9-5-1-2-6-13-9)15-10-8(12(17)18)4-3-7-14-10/h1-7H,(H,17,18)(H,14,15,16). The number of pyridine rings is 2. The van der Waals surface area contributed by atoms with Gasteiger partial charge in [0.2, 0.25) is 0 Å². The largest absolute Gasteiger partial charge is 0.478 e. The molecule has 0 saturated carbocycles. The summed E-state index contributed by atoms with van der Waals surface area (Å²) in [6.45, 7) is 0. The van der Waals surface area contributed by atoms with Crippen molar-refractivity contribution in [3.05, 3.63) is 54.0 Å². The maximum Gasteiger partial charge on any atom is 0.339 e. The van der Waals surface area contributed by atoms with E-state index in [1.54, 1.807) is 12.1 Å². The monoisotopic (exact) mass is 243 g/mol. The van der Waals surface area contributed by atoms with Crippen molar-refractivity contribution in [2.75, 3.05) is 5.32 Å². The fraction of sp³-hybridized carbons (Fsp3) is 0. The molecule has 2 N–H and O–H groups in total. The number of carboxylic acid groups (broad SMARTS) is 1. The average Bonchev–Trinajstić information content (AvgIpc) is 2.40. The number of aromatic nitrogens is 2. The van der Waals surface area contributed by atoms with Crippen LogP contribution >= 0.6 is 0 Å². The van der Waals surface area contributed by atoms with E-state index >= 15 is 0 Å². The van der Waals surface area contributed by atoms with E-state index in [1.807, 2.05) is 0 Å². The van der Waals surface area contributed by atoms with E-state index in [4.69, 9.17) is 5.11 Å². The maximum absolute atomic E-state index is 11.8. The molecule has 6 heteroatoms. The number of carbonyl (C=O) groups is 2. The molecule has 0 atom stereocenters. The summed E-state index contributed by atoms with van der Waals surface area (Å²) in [5.41, 5.74) is 0.126. The van der Waals surface area contributed by atoms with Crippen LogP contribution in [0.1, 0.15) is 20.8 Å². The molecule has 0 saturated heterocycles. The first-order valence-corrected chi connectivity index (χ1v) is 5.09. The van der Waals surface area contributed by atoms with Crippen LogP contribution in [-0.2, 0) is 0 Å². The van der Waals surface area contributed by atoms with Crippen molar-refractivity contribution in [1.29, 1.82) is 0 Å². The van der Waals surface area contributed by atoms with E-state index in [2.05, 4.69) is 15.3 Å². The lowest BCUT2D eigenvalue weighted by atomic mass is 10.2. The topological polar surface area (TPSA) is 92.2 Å². The smallest absolute Gasteiger partial charge is 0.339 e. The Hall–Kier alpha value is -2.76. The molecule has 1 amide bonds. The van der Waals surface area contributed by atoms with Gasteiger partial charge in [-0.25, -0.2) is 9.78 Å². The summed E-state index contributed by atoms with van der Waals surface area (Å²) >= 11 is 0. The van der Waals surface area contributed by atoms with Crippen LogP contribution in [-0.4, -0.2) is 27.0 Å². The second-order valence-corrected chi connectivity index (χ2v) is 3.37. The van der Waals surface area contributed by atoms with Crippen LogP contribution in [0.25, 0.3) is 0 Å². The van der Waals surface area contributed by atoms with Gasteiger partial charge in [0.1, 0.15) is 17.1 Å². The predicted molar refractivity (Wildman–Crippen MR) is 63.4 cm³/mol. The molecule has 0 spiro atoms. The van der Waals surface area contributed by atoms with Gasteiger partial charge in [-0.1, -0.05) is 6.07 Å². The minimum Gasteiger partial charge on any atom is -0.478 e. The number of amides is 1. The first-order chi connectivity index (χ1) is 8.68. The molecule has 18 heavy (non-hydrogen) atoms. The van der Waals surface area contributed by atoms with Gasteiger partial charge in [-0.05, 0) is 24.3 Å². The summed E-state index contributed by atoms with van der Waals surface area (Å²) in [7, 11) is 0. The average molecular weight is 243 g/mol. The number of nitrogens with one attached hydrogen (secondary N) is 1. The molecule has 90 valence electrons. The number of anilines is 1. The van der Waals surface area contributed by atoms with E-state index < -0.39 is 11.9 Å². The molecular formula is C12H9N3O3. The molecule has 2 heterocycles. The lowest BCUT2D eigenvalue weighted by Crippen LogP contribution is -2.17. The number of rotatable bonds is 3. The van der Waals surface area contributed by atoms with Gasteiger partial charge in [0.25, 0.3) is 5.91 Å². The Morgan fingerprint density at radius 3 is 2.50 bits per heavy atom. The quantitative estimate of drug-likeness (QED) is 0.850. The molecule has 0 aliphatic carbocycles. The number of carbonyl (C=O) groups excluding carboxylic acids is 1. The number of hydrogen-bond acceptors (Lipinski definition) is 4. The highest BCUT2D eigenvalue weighted by Crippen LogP contribution is 2.12. The number of aromatic carboxylic acids is 1. The van der Waals surface area contributed by atoms with E-state index in [1.165, 1.54) is 30.6 Å². The summed E-state index contributed by atoms with van der Waals surface area (Å²) < 4.78 is 0. The van der Waals surface area contributed by atoms with Gasteiger partial charge >= 0.3 is 5.97 Å². The SMILES string of the molecule is O=C(Nc1ncccc1C(=O)O)c1ccccn1. The Balaban J connectivity index is 2.25. The van der Waals surface area contributed by atoms with Gasteiger partial charge < -0.3 is 10.4 Å². The van der Waals surface area contributed by atoms with Crippen molar-refractivity contribution in [3.8, 4) is 0 Å². The highest BCUT2D eigenvalue weighted by Gasteiger charge is 2.14. The van der Waals surface area contributed by atoms with Crippen molar-refractivity contribution in [3.63, 3.8) is 0 Å². The molecule has 6 nitrogen and oxygen atoms in total. The van der Waals surface area contributed by atoms with Crippen molar-refractivity contribution >= 4 is 17.7 Å². The zero-order chi connectivity index (χ0) is 13.0. The summed E-state index contributed by atoms with van der Waals surface area (Å²) in [4.78, 5) is 30.4. The Bertz CT molecular complexity index is 584. The molecule has 0 bridgehead atoms. The maximum atomic E-state index is 11.8. The molecule has 0 aliphatic heterocycles. The number of nitrogens with zero attached hydrogens (tertiary/aromatic N) is 2. The molecule has 0 unspecified atom stereocenters. The van der Waals surface area contributed by atoms with E-state index in [0.29, 0.717) is 0 Å². The molecule has 0 aliphatic rings. The van der Waals surface area contributed by atoms with Crippen molar-refractivity contribution < 1.29 is 14.7 Å². The third-order valence-corrected chi connectivity index (χ3v) is 2.17. The lowest BCUT2D eigenvalue weighted by molar-refractivity contribution is 0.0697. The molecule has 0 aromatic carbocycles. The third-order valence-electron chi connectivity index (χ3n) is 2.17. The molecule has 2 aromatic rings. The van der Waals surface area contributed by atoms with E-state index in [9.17, 15) is 9.59 Å². The first kappa shape index (κ1) is 11.7. The fourth-order valence-corrected chi connectivity index (χ4v) is 1.35. The number of carboxylic acids is 1. The normalized spacial score (nSPS) is 9.78. The van der Waals surface area contributed by atoms with Gasteiger partial charge in [-0.2, -0.15) is 0 Å². The number of hydrogen-bond donors (Lipinski definition) is 2. The summed E-state index contributed by atoms with van der Waals surface area (Å²) in [5.74, 6) is -1.66. The fourth-order valence-electron chi connectivity index (χ4n) is 1.35. The highest BCUT2D eigenvalue weighted by atomic mass is 16.4. The van der Waals surface area contributed by atoms with Crippen molar-refractivity contribution in [1.82, 2.24) is 9.97 Å². The van der Waals surface area contributed by atoms with Crippen LogP contribution in [0.15, 0.2) is 42.7 Å². The Labute approximate surface area is 102 Å². The summed E-state index contributed by atoms with van der Waals surface area (Å²) in [6, 6.07) is 7.72. The van der Waals surface area contributed by atoms with E-state index in [0.717, 1.165) is 0 Å². The molecule has 0 radical (unpaired) electrons. The van der Waals surface area contributed by atoms with Gasteiger partial charge in [0, 0.05) is 12.4 Å². The minimum atomic E-state index is -1.15. The zero-order valence-corrected chi connectivity index (χ0v) is 9.20. The second-order valence-electron chi connectivity index (χ2n) is 3.37. The Kier molecular flexibility index (Phi) is 3.29. The second kappa shape index (κ2) is 5.05. The molecular weight excluding hydrogens is 234 g/mol. The van der Waals surface area contributed by atoms with Gasteiger partial charge in [-0.3, -0.25) is 9.78 Å². The van der Waals surface area contributed by atoms with Crippen LogP contribution in [0.2, 0.25) is 0 Å². The molecule has 0 fully saturated rings. The third kappa shape index (κ3) is 2.49. The van der Waals surface area contributed by atoms with Gasteiger partial charge in [-0.15, -0.1) is 0 Å². The first-order valence-electron chi connectivity index (χ1n) is 5.09. The predicted octanol–water partition coefficient (Wildman–Crippen LogP) is 1.43. The van der Waals surface area contributed by atoms with Gasteiger partial charge in [0.05, 0.1) is 0 Å². The highest BCUT2D eigenvalue weighted by molar-refractivity contribution is 6.05.